The number of carbonyl (C=O) groups is 2. The van der Waals surface area contributed by atoms with E-state index in [-0.39, 0.29) is 24.3 Å². The second-order valence-corrected chi connectivity index (χ2v) is 7.25. The van der Waals surface area contributed by atoms with E-state index in [0.717, 1.165) is 56.7 Å². The van der Waals surface area contributed by atoms with Gasteiger partial charge >= 0.3 is 0 Å². The van der Waals surface area contributed by atoms with Crippen LogP contribution < -0.4 is 0 Å². The number of fused-ring (bicyclic) bond motifs is 1. The Morgan fingerprint density at radius 2 is 1.85 bits per heavy atom. The molecule has 0 spiro atoms. The van der Waals surface area contributed by atoms with Crippen LogP contribution in [0.15, 0.2) is 24.5 Å². The van der Waals surface area contributed by atoms with Gasteiger partial charge in [0.1, 0.15) is 5.82 Å². The monoisotopic (exact) mass is 368 g/mol. The smallest absolute Gasteiger partial charge is 0.242 e. The lowest BCUT2D eigenvalue weighted by Crippen LogP contribution is -2.42. The third-order valence-electron chi connectivity index (χ3n) is 5.41. The summed E-state index contributed by atoms with van der Waals surface area (Å²) in [6.07, 6.45) is 7.16. The first-order valence-corrected chi connectivity index (χ1v) is 9.51. The zero-order chi connectivity index (χ0) is 18.8. The van der Waals surface area contributed by atoms with Gasteiger partial charge in [-0.05, 0) is 37.8 Å². The molecule has 2 aliphatic rings. The summed E-state index contributed by atoms with van der Waals surface area (Å²) in [7, 11) is 1.70. The highest BCUT2D eigenvalue weighted by atomic mass is 16.2. The lowest BCUT2D eigenvalue weighted by molar-refractivity contribution is -0.140. The van der Waals surface area contributed by atoms with E-state index in [4.69, 9.17) is 0 Å². The van der Waals surface area contributed by atoms with E-state index in [1.54, 1.807) is 24.3 Å². The second-order valence-electron chi connectivity index (χ2n) is 7.25. The van der Waals surface area contributed by atoms with Crippen molar-refractivity contribution in [1.82, 2.24) is 29.5 Å². The van der Waals surface area contributed by atoms with Crippen molar-refractivity contribution in [3.05, 3.63) is 30.4 Å². The van der Waals surface area contributed by atoms with Gasteiger partial charge in [-0.15, -0.1) is 10.2 Å². The second kappa shape index (κ2) is 7.46. The number of likely N-dealkylation sites (N-methyl/N-ethyl adjacent to an activating group) is 1. The zero-order valence-corrected chi connectivity index (χ0v) is 15.5. The van der Waals surface area contributed by atoms with E-state index < -0.39 is 0 Å². The fraction of sp³-hybridized carbons (Fsp3) is 0.526. The van der Waals surface area contributed by atoms with Crippen LogP contribution in [0.4, 0.5) is 0 Å². The molecule has 0 bridgehead atoms. The van der Waals surface area contributed by atoms with E-state index in [9.17, 15) is 9.59 Å². The molecule has 2 amide bonds. The molecule has 8 nitrogen and oxygen atoms in total. The topological polar surface area (TPSA) is 84.2 Å². The summed E-state index contributed by atoms with van der Waals surface area (Å²) in [6, 6.07) is 3.78. The largest absolute Gasteiger partial charge is 0.341 e. The SMILES string of the molecule is CN(CC(=O)N1CCCC1)C(=O)C1CCCn2c(-c3ccncc3)nnc21. The molecule has 27 heavy (non-hydrogen) atoms. The van der Waals surface area contributed by atoms with Crippen LogP contribution in [0.5, 0.6) is 0 Å². The molecular formula is C19H24N6O2. The summed E-state index contributed by atoms with van der Waals surface area (Å²) in [5, 5.41) is 8.65. The Morgan fingerprint density at radius 1 is 1.11 bits per heavy atom. The molecule has 4 rings (SSSR count). The van der Waals surface area contributed by atoms with Crippen LogP contribution in [0.3, 0.4) is 0 Å². The van der Waals surface area contributed by atoms with Crippen LogP contribution in [-0.2, 0) is 16.1 Å². The highest BCUT2D eigenvalue weighted by Gasteiger charge is 2.34. The Kier molecular flexibility index (Phi) is 4.87. The van der Waals surface area contributed by atoms with Crippen LogP contribution in [0.1, 0.15) is 37.4 Å². The van der Waals surface area contributed by atoms with Gasteiger partial charge in [-0.25, -0.2) is 0 Å². The maximum atomic E-state index is 13.0. The summed E-state index contributed by atoms with van der Waals surface area (Å²) in [5.74, 6) is 1.08. The minimum atomic E-state index is -0.349. The fourth-order valence-corrected chi connectivity index (χ4v) is 3.94. The minimum absolute atomic E-state index is 0.0260. The maximum Gasteiger partial charge on any atom is 0.242 e. The standard InChI is InChI=1S/C19H24N6O2/c1-23(13-16(26)24-10-2-3-11-24)19(27)15-5-4-12-25-17(21-22-18(15)25)14-6-8-20-9-7-14/h6-9,15H,2-5,10-13H2,1H3. The van der Waals surface area contributed by atoms with Gasteiger partial charge in [-0.3, -0.25) is 14.6 Å². The highest BCUT2D eigenvalue weighted by molar-refractivity contribution is 5.88. The first-order valence-electron chi connectivity index (χ1n) is 9.51. The molecule has 8 heteroatoms. The van der Waals surface area contributed by atoms with Gasteiger partial charge < -0.3 is 14.4 Å². The third kappa shape index (κ3) is 3.43. The number of hydrogen-bond acceptors (Lipinski definition) is 5. The van der Waals surface area contributed by atoms with Crippen LogP contribution in [-0.4, -0.2) is 68.0 Å². The van der Waals surface area contributed by atoms with Gasteiger partial charge in [-0.2, -0.15) is 0 Å². The van der Waals surface area contributed by atoms with Crippen LogP contribution >= 0.6 is 0 Å². The molecule has 142 valence electrons. The van der Waals surface area contributed by atoms with Crippen molar-refractivity contribution < 1.29 is 9.59 Å². The van der Waals surface area contributed by atoms with Crippen LogP contribution in [0.25, 0.3) is 11.4 Å². The van der Waals surface area contributed by atoms with E-state index in [1.807, 2.05) is 21.6 Å². The summed E-state index contributed by atoms with van der Waals surface area (Å²) >= 11 is 0. The Morgan fingerprint density at radius 3 is 2.59 bits per heavy atom. The molecule has 0 saturated carbocycles. The van der Waals surface area contributed by atoms with Gasteiger partial charge in [0.15, 0.2) is 5.82 Å². The van der Waals surface area contributed by atoms with Crippen molar-refractivity contribution in [2.24, 2.45) is 0 Å². The van der Waals surface area contributed by atoms with E-state index in [0.29, 0.717) is 5.82 Å². The highest BCUT2D eigenvalue weighted by Crippen LogP contribution is 2.31. The quantitative estimate of drug-likeness (QED) is 0.812. The predicted octanol–water partition coefficient (Wildman–Crippen LogP) is 1.30. The van der Waals surface area contributed by atoms with Gasteiger partial charge in [0.2, 0.25) is 11.8 Å². The van der Waals surface area contributed by atoms with E-state index in [2.05, 4.69) is 15.2 Å². The molecule has 4 heterocycles. The van der Waals surface area contributed by atoms with Crippen LogP contribution in [0.2, 0.25) is 0 Å². The number of rotatable bonds is 4. The lowest BCUT2D eigenvalue weighted by Gasteiger charge is -2.28. The van der Waals surface area contributed by atoms with Crippen molar-refractivity contribution in [3.8, 4) is 11.4 Å². The van der Waals surface area contributed by atoms with Gasteiger partial charge in [0.05, 0.1) is 12.5 Å². The summed E-state index contributed by atoms with van der Waals surface area (Å²) in [5.41, 5.74) is 0.939. The summed E-state index contributed by atoms with van der Waals surface area (Å²) < 4.78 is 2.03. The molecule has 0 radical (unpaired) electrons. The normalized spacial score (nSPS) is 19.0. The Balaban J connectivity index is 1.51. The first kappa shape index (κ1) is 17.6. The number of pyridine rings is 1. The van der Waals surface area contributed by atoms with Crippen molar-refractivity contribution in [2.75, 3.05) is 26.7 Å². The first-order chi connectivity index (χ1) is 13.1. The lowest BCUT2D eigenvalue weighted by atomic mass is 9.97. The Labute approximate surface area is 158 Å². The molecule has 2 aliphatic heterocycles. The van der Waals surface area contributed by atoms with Gasteiger partial charge in [0, 0.05) is 44.6 Å². The molecule has 0 N–H and O–H groups in total. The van der Waals surface area contributed by atoms with Crippen molar-refractivity contribution >= 4 is 11.8 Å². The molecule has 2 aromatic rings. The Bertz CT molecular complexity index is 828. The predicted molar refractivity (Wildman–Crippen MR) is 98.7 cm³/mol. The van der Waals surface area contributed by atoms with Gasteiger partial charge in [0.25, 0.3) is 0 Å². The number of likely N-dealkylation sites (tertiary alicyclic amines) is 1. The number of carbonyl (C=O) groups excluding carboxylic acids is 2. The maximum absolute atomic E-state index is 13.0. The van der Waals surface area contributed by atoms with E-state index >= 15 is 0 Å². The average molecular weight is 368 g/mol. The van der Waals surface area contributed by atoms with Crippen LogP contribution in [0, 0.1) is 0 Å². The minimum Gasteiger partial charge on any atom is -0.341 e. The number of nitrogens with zero attached hydrogens (tertiary/aromatic N) is 6. The summed E-state index contributed by atoms with van der Waals surface area (Å²) in [6.45, 7) is 2.52. The van der Waals surface area contributed by atoms with Crippen molar-refractivity contribution in [2.45, 2.75) is 38.1 Å². The molecule has 0 aliphatic carbocycles. The molecular weight excluding hydrogens is 344 g/mol. The molecule has 1 atom stereocenters. The number of amides is 2. The molecule has 0 aromatic carbocycles. The molecule has 1 fully saturated rings. The molecule has 2 aromatic heterocycles. The fourth-order valence-electron chi connectivity index (χ4n) is 3.94. The Hall–Kier alpha value is -2.77. The van der Waals surface area contributed by atoms with Gasteiger partial charge in [-0.1, -0.05) is 0 Å². The number of hydrogen-bond donors (Lipinski definition) is 0. The number of aromatic nitrogens is 4. The molecule has 1 unspecified atom stereocenters. The summed E-state index contributed by atoms with van der Waals surface area (Å²) in [4.78, 5) is 32.8. The third-order valence-corrected chi connectivity index (χ3v) is 5.41. The average Bonchev–Trinajstić information content (AvgIpc) is 3.37. The van der Waals surface area contributed by atoms with Crippen molar-refractivity contribution in [1.29, 1.82) is 0 Å². The molecule has 1 saturated heterocycles. The zero-order valence-electron chi connectivity index (χ0n) is 15.5. The van der Waals surface area contributed by atoms with E-state index in [1.165, 1.54) is 0 Å². The van der Waals surface area contributed by atoms with Crippen molar-refractivity contribution in [3.63, 3.8) is 0 Å².